The lowest BCUT2D eigenvalue weighted by molar-refractivity contribution is -0.139. The van der Waals surface area contributed by atoms with E-state index in [1.54, 1.807) is 11.3 Å². The van der Waals surface area contributed by atoms with E-state index < -0.39 is 11.9 Å². The summed E-state index contributed by atoms with van der Waals surface area (Å²) in [6.07, 6.45) is 2.58. The van der Waals surface area contributed by atoms with Crippen LogP contribution in [0.2, 0.25) is 0 Å². The summed E-state index contributed by atoms with van der Waals surface area (Å²) in [5.74, 6) is -1.19. The summed E-state index contributed by atoms with van der Waals surface area (Å²) < 4.78 is 1.12. The van der Waals surface area contributed by atoms with Gasteiger partial charge in [0.15, 0.2) is 0 Å². The zero-order chi connectivity index (χ0) is 15.1. The van der Waals surface area contributed by atoms with Gasteiger partial charge in [0.05, 0.1) is 11.6 Å². The lowest BCUT2D eigenvalue weighted by atomic mass is 9.91. The van der Waals surface area contributed by atoms with E-state index >= 15 is 0 Å². The first-order valence-electron chi connectivity index (χ1n) is 6.97. The Hall–Kier alpha value is -1.20. The Morgan fingerprint density at radius 2 is 2.05 bits per heavy atom. The molecule has 0 radical (unpaired) electrons. The van der Waals surface area contributed by atoms with E-state index in [2.05, 4.69) is 46.9 Å². The molecule has 0 spiro atoms. The molecule has 0 fully saturated rings. The summed E-state index contributed by atoms with van der Waals surface area (Å²) in [5, 5.41) is 10.3. The molecule has 1 aliphatic rings. The molecule has 1 unspecified atom stereocenters. The average molecular weight is 366 g/mol. The Bertz CT molecular complexity index is 700. The Morgan fingerprint density at radius 1 is 1.38 bits per heavy atom. The van der Waals surface area contributed by atoms with Gasteiger partial charge in [-0.05, 0) is 56.4 Å². The van der Waals surface area contributed by atoms with E-state index in [9.17, 15) is 9.90 Å². The molecule has 0 saturated heterocycles. The number of rotatable bonds is 2. The second-order valence-corrected chi connectivity index (χ2v) is 7.41. The molecule has 0 aliphatic heterocycles. The maximum atomic E-state index is 11.4. The Balaban J connectivity index is 2.07. The number of fused-ring (bicyclic) bond motifs is 1. The molecule has 21 heavy (non-hydrogen) atoms. The van der Waals surface area contributed by atoms with Crippen molar-refractivity contribution in [3.8, 4) is 10.6 Å². The van der Waals surface area contributed by atoms with Gasteiger partial charge in [-0.2, -0.15) is 0 Å². The van der Waals surface area contributed by atoms with Crippen molar-refractivity contribution in [1.82, 2.24) is 4.98 Å². The molecule has 1 atom stereocenters. The Morgan fingerprint density at radius 3 is 2.67 bits per heavy atom. The fourth-order valence-corrected chi connectivity index (χ4v) is 4.23. The van der Waals surface area contributed by atoms with E-state index in [4.69, 9.17) is 0 Å². The summed E-state index contributed by atoms with van der Waals surface area (Å²) in [4.78, 5) is 17.2. The number of carbonyl (C=O) groups is 1. The number of carboxylic acids is 1. The monoisotopic (exact) mass is 365 g/mol. The van der Waals surface area contributed by atoms with E-state index in [1.165, 1.54) is 11.1 Å². The molecule has 3 rings (SSSR count). The molecule has 110 valence electrons. The van der Waals surface area contributed by atoms with Gasteiger partial charge in [0, 0.05) is 14.9 Å². The van der Waals surface area contributed by atoms with Crippen LogP contribution in [0.1, 0.15) is 40.5 Å². The van der Waals surface area contributed by atoms with Gasteiger partial charge < -0.3 is 5.11 Å². The van der Waals surface area contributed by atoms with Crippen LogP contribution in [0, 0.1) is 13.8 Å². The molecular formula is C16H16BrNO2S. The van der Waals surface area contributed by atoms with E-state index in [0.717, 1.165) is 38.5 Å². The first-order chi connectivity index (χ1) is 9.97. The predicted molar refractivity (Wildman–Crippen MR) is 88.0 cm³/mol. The summed E-state index contributed by atoms with van der Waals surface area (Å²) >= 11 is 5.22. The number of thiazole rings is 1. The van der Waals surface area contributed by atoms with Crippen molar-refractivity contribution >= 4 is 33.2 Å². The van der Waals surface area contributed by atoms with Gasteiger partial charge in [-0.3, -0.25) is 4.79 Å². The number of halogens is 1. The highest BCUT2D eigenvalue weighted by Crippen LogP contribution is 2.39. The van der Waals surface area contributed by atoms with Gasteiger partial charge in [0.2, 0.25) is 0 Å². The Labute approximate surface area is 136 Å². The van der Waals surface area contributed by atoms with Crippen molar-refractivity contribution in [1.29, 1.82) is 0 Å². The van der Waals surface area contributed by atoms with Crippen LogP contribution in [-0.2, 0) is 11.2 Å². The minimum absolute atomic E-state index is 0.434. The van der Waals surface area contributed by atoms with Crippen molar-refractivity contribution in [2.75, 3.05) is 0 Å². The maximum Gasteiger partial charge on any atom is 0.312 e. The van der Waals surface area contributed by atoms with Crippen molar-refractivity contribution < 1.29 is 9.90 Å². The second kappa shape index (κ2) is 5.54. The third-order valence-corrected chi connectivity index (χ3v) is 6.37. The van der Waals surface area contributed by atoms with Crippen molar-refractivity contribution in [3.05, 3.63) is 38.3 Å². The quantitative estimate of drug-likeness (QED) is 0.839. The summed E-state index contributed by atoms with van der Waals surface area (Å²) in [7, 11) is 0. The Kier molecular flexibility index (Phi) is 3.88. The SMILES string of the molecule is Cc1cc(-c2nc3c(s2)CCCC3C(=O)O)cc(C)c1Br. The molecule has 0 bridgehead atoms. The van der Waals surface area contributed by atoms with E-state index in [-0.39, 0.29) is 0 Å². The minimum atomic E-state index is -0.754. The lowest BCUT2D eigenvalue weighted by Gasteiger charge is -2.16. The molecule has 0 saturated carbocycles. The van der Waals surface area contributed by atoms with Crippen molar-refractivity contribution in [3.63, 3.8) is 0 Å². The van der Waals surface area contributed by atoms with Crippen LogP contribution in [0.25, 0.3) is 10.6 Å². The van der Waals surface area contributed by atoms with Crippen LogP contribution in [0.5, 0.6) is 0 Å². The largest absolute Gasteiger partial charge is 0.481 e. The molecule has 5 heteroatoms. The van der Waals surface area contributed by atoms with Gasteiger partial charge in [-0.1, -0.05) is 15.9 Å². The van der Waals surface area contributed by atoms with Gasteiger partial charge in [-0.25, -0.2) is 4.98 Å². The molecule has 1 aromatic carbocycles. The third-order valence-electron chi connectivity index (χ3n) is 3.94. The molecule has 1 aromatic heterocycles. The highest BCUT2D eigenvalue weighted by molar-refractivity contribution is 9.10. The number of carboxylic acid groups (broad SMARTS) is 1. The fraction of sp³-hybridized carbons (Fsp3) is 0.375. The molecule has 0 amide bonds. The van der Waals surface area contributed by atoms with Crippen LogP contribution in [0.3, 0.4) is 0 Å². The number of benzene rings is 1. The highest BCUT2D eigenvalue weighted by atomic mass is 79.9. The second-order valence-electron chi connectivity index (χ2n) is 5.53. The van der Waals surface area contributed by atoms with Gasteiger partial charge in [-0.15, -0.1) is 11.3 Å². The molecule has 1 N–H and O–H groups in total. The minimum Gasteiger partial charge on any atom is -0.481 e. The number of aryl methyl sites for hydroxylation is 3. The number of nitrogens with zero attached hydrogens (tertiary/aromatic N) is 1. The third kappa shape index (κ3) is 2.64. The lowest BCUT2D eigenvalue weighted by Crippen LogP contribution is -2.17. The summed E-state index contributed by atoms with van der Waals surface area (Å²) in [5.41, 5.74) is 4.21. The average Bonchev–Trinajstić information content (AvgIpc) is 2.87. The van der Waals surface area contributed by atoms with E-state index in [1.807, 2.05) is 0 Å². The molecule has 1 aliphatic carbocycles. The predicted octanol–water partition coefficient (Wildman–Crippen LogP) is 4.69. The fourth-order valence-electron chi connectivity index (χ4n) is 2.85. The number of hydrogen-bond acceptors (Lipinski definition) is 3. The topological polar surface area (TPSA) is 50.2 Å². The maximum absolute atomic E-state index is 11.4. The first-order valence-corrected chi connectivity index (χ1v) is 8.58. The van der Waals surface area contributed by atoms with Crippen molar-refractivity contribution in [2.24, 2.45) is 0 Å². The van der Waals surface area contributed by atoms with Crippen LogP contribution < -0.4 is 0 Å². The van der Waals surface area contributed by atoms with E-state index in [0.29, 0.717) is 6.42 Å². The highest BCUT2D eigenvalue weighted by Gasteiger charge is 2.30. The first kappa shape index (κ1) is 14.7. The number of aromatic nitrogens is 1. The standard InChI is InChI=1S/C16H16BrNO2S/c1-8-6-10(7-9(2)13(8)17)15-18-14-11(16(19)20)4-3-5-12(14)21-15/h6-7,11H,3-5H2,1-2H3,(H,19,20). The van der Waals surface area contributed by atoms with Crippen LogP contribution in [0.15, 0.2) is 16.6 Å². The molecule has 3 nitrogen and oxygen atoms in total. The normalized spacial score (nSPS) is 17.6. The number of hydrogen-bond donors (Lipinski definition) is 1. The summed E-state index contributed by atoms with van der Waals surface area (Å²) in [6.45, 7) is 4.13. The van der Waals surface area contributed by atoms with Gasteiger partial charge >= 0.3 is 5.97 Å². The molecule has 1 heterocycles. The van der Waals surface area contributed by atoms with Crippen LogP contribution >= 0.6 is 27.3 Å². The van der Waals surface area contributed by atoms with Gasteiger partial charge in [0.1, 0.15) is 5.01 Å². The number of aliphatic carboxylic acids is 1. The molecule has 2 aromatic rings. The smallest absolute Gasteiger partial charge is 0.312 e. The summed E-state index contributed by atoms with van der Waals surface area (Å²) in [6, 6.07) is 4.22. The molecular weight excluding hydrogens is 350 g/mol. The van der Waals surface area contributed by atoms with Gasteiger partial charge in [0.25, 0.3) is 0 Å². The zero-order valence-corrected chi connectivity index (χ0v) is 14.3. The zero-order valence-electron chi connectivity index (χ0n) is 11.9. The van der Waals surface area contributed by atoms with Crippen molar-refractivity contribution in [2.45, 2.75) is 39.0 Å². The van der Waals surface area contributed by atoms with Crippen LogP contribution in [-0.4, -0.2) is 16.1 Å². The van der Waals surface area contributed by atoms with Crippen LogP contribution in [0.4, 0.5) is 0 Å².